The van der Waals surface area contributed by atoms with E-state index >= 15 is 0 Å². The van der Waals surface area contributed by atoms with E-state index in [-0.39, 0.29) is 29.9 Å². The number of rotatable bonds is 5. The SMILES string of the molecule is CC(N)c1ccc(OCCSC(F)(F)F)cc1F. The highest BCUT2D eigenvalue weighted by Crippen LogP contribution is 2.30. The Morgan fingerprint density at radius 1 is 1.39 bits per heavy atom. The van der Waals surface area contributed by atoms with Crippen molar-refractivity contribution in [1.82, 2.24) is 0 Å². The van der Waals surface area contributed by atoms with Gasteiger partial charge in [-0.3, -0.25) is 0 Å². The van der Waals surface area contributed by atoms with Crippen LogP contribution in [0.25, 0.3) is 0 Å². The average Bonchev–Trinajstić information content (AvgIpc) is 2.22. The molecule has 0 saturated carbocycles. The lowest BCUT2D eigenvalue weighted by Crippen LogP contribution is -2.09. The molecule has 7 heteroatoms. The third-order valence-electron chi connectivity index (χ3n) is 2.08. The van der Waals surface area contributed by atoms with Gasteiger partial charge in [-0.2, -0.15) is 13.2 Å². The lowest BCUT2D eigenvalue weighted by atomic mass is 10.1. The normalized spacial score (nSPS) is 13.4. The molecule has 0 radical (unpaired) electrons. The van der Waals surface area contributed by atoms with Crippen molar-refractivity contribution >= 4 is 11.8 Å². The Morgan fingerprint density at radius 3 is 2.56 bits per heavy atom. The number of alkyl halides is 3. The van der Waals surface area contributed by atoms with Gasteiger partial charge >= 0.3 is 5.51 Å². The number of thioether (sulfide) groups is 1. The molecule has 102 valence electrons. The van der Waals surface area contributed by atoms with Crippen molar-refractivity contribution in [3.63, 3.8) is 0 Å². The zero-order valence-electron chi connectivity index (χ0n) is 9.63. The molecule has 0 spiro atoms. The minimum atomic E-state index is -4.27. The monoisotopic (exact) mass is 283 g/mol. The molecule has 0 saturated heterocycles. The Bertz CT molecular complexity index is 395. The summed E-state index contributed by atoms with van der Waals surface area (Å²) in [6, 6.07) is 3.63. The summed E-state index contributed by atoms with van der Waals surface area (Å²) in [6.07, 6.45) is 0. The van der Waals surface area contributed by atoms with Crippen LogP contribution in [0.2, 0.25) is 0 Å². The summed E-state index contributed by atoms with van der Waals surface area (Å²) in [5, 5.41) is 0. The Labute approximate surface area is 106 Å². The first kappa shape index (κ1) is 15.1. The van der Waals surface area contributed by atoms with Crippen molar-refractivity contribution < 1.29 is 22.3 Å². The van der Waals surface area contributed by atoms with Crippen molar-refractivity contribution in [3.8, 4) is 5.75 Å². The highest BCUT2D eigenvalue weighted by Gasteiger charge is 2.27. The first-order valence-corrected chi connectivity index (χ1v) is 6.16. The topological polar surface area (TPSA) is 35.2 Å². The van der Waals surface area contributed by atoms with E-state index in [2.05, 4.69) is 0 Å². The van der Waals surface area contributed by atoms with E-state index in [1.54, 1.807) is 6.92 Å². The van der Waals surface area contributed by atoms with Crippen LogP contribution in [0.4, 0.5) is 17.6 Å². The predicted molar refractivity (Wildman–Crippen MR) is 63.0 cm³/mol. The number of hydrogen-bond acceptors (Lipinski definition) is 3. The number of hydrogen-bond donors (Lipinski definition) is 1. The van der Waals surface area contributed by atoms with E-state index in [1.807, 2.05) is 0 Å². The molecular formula is C11H13F4NOS. The van der Waals surface area contributed by atoms with Crippen LogP contribution in [0.5, 0.6) is 5.75 Å². The van der Waals surface area contributed by atoms with Crippen LogP contribution in [-0.4, -0.2) is 17.9 Å². The Morgan fingerprint density at radius 2 is 2.06 bits per heavy atom. The molecule has 1 rings (SSSR count). The van der Waals surface area contributed by atoms with Gasteiger partial charge in [0.15, 0.2) is 0 Å². The van der Waals surface area contributed by atoms with Crippen LogP contribution in [0.3, 0.4) is 0 Å². The van der Waals surface area contributed by atoms with E-state index in [0.29, 0.717) is 5.56 Å². The third kappa shape index (κ3) is 5.14. The lowest BCUT2D eigenvalue weighted by Gasteiger charge is -2.11. The highest BCUT2D eigenvalue weighted by molar-refractivity contribution is 8.00. The molecule has 1 atom stereocenters. The van der Waals surface area contributed by atoms with Gasteiger partial charge in [-0.15, -0.1) is 0 Å². The Hall–Kier alpha value is -0.950. The van der Waals surface area contributed by atoms with Crippen LogP contribution in [-0.2, 0) is 0 Å². The largest absolute Gasteiger partial charge is 0.493 e. The molecule has 0 aliphatic carbocycles. The third-order valence-corrected chi connectivity index (χ3v) is 2.78. The number of benzene rings is 1. The summed E-state index contributed by atoms with van der Waals surface area (Å²) in [7, 11) is 0. The first-order valence-electron chi connectivity index (χ1n) is 5.18. The summed E-state index contributed by atoms with van der Waals surface area (Å²) < 4.78 is 53.9. The second-order valence-electron chi connectivity index (χ2n) is 3.61. The maximum Gasteiger partial charge on any atom is 0.441 e. The van der Waals surface area contributed by atoms with Gasteiger partial charge in [-0.05, 0) is 24.8 Å². The summed E-state index contributed by atoms with van der Waals surface area (Å²) in [5.74, 6) is -0.564. The summed E-state index contributed by atoms with van der Waals surface area (Å²) >= 11 is -0.174. The number of nitrogens with two attached hydrogens (primary N) is 1. The number of halogens is 4. The predicted octanol–water partition coefficient (Wildman–Crippen LogP) is 3.48. The Kier molecular flexibility index (Phi) is 5.28. The van der Waals surface area contributed by atoms with Gasteiger partial charge in [0, 0.05) is 23.4 Å². The Balaban J connectivity index is 2.47. The van der Waals surface area contributed by atoms with Crippen molar-refractivity contribution in [2.24, 2.45) is 5.73 Å². The second-order valence-corrected chi connectivity index (χ2v) is 4.77. The molecule has 1 aromatic rings. The zero-order valence-corrected chi connectivity index (χ0v) is 10.4. The standard InChI is InChI=1S/C11H13F4NOS/c1-7(16)9-3-2-8(6-10(9)12)17-4-5-18-11(13,14)15/h2-3,6-7H,4-5,16H2,1H3. The van der Waals surface area contributed by atoms with E-state index < -0.39 is 17.4 Å². The van der Waals surface area contributed by atoms with Crippen molar-refractivity contribution in [2.45, 2.75) is 18.5 Å². The van der Waals surface area contributed by atoms with E-state index in [9.17, 15) is 17.6 Å². The molecule has 2 N–H and O–H groups in total. The smallest absolute Gasteiger partial charge is 0.441 e. The van der Waals surface area contributed by atoms with E-state index in [0.717, 1.165) is 6.07 Å². The molecule has 0 aliphatic rings. The van der Waals surface area contributed by atoms with Crippen LogP contribution in [0.15, 0.2) is 18.2 Å². The lowest BCUT2D eigenvalue weighted by molar-refractivity contribution is -0.0329. The van der Waals surface area contributed by atoms with Gasteiger partial charge in [0.1, 0.15) is 11.6 Å². The maximum absolute atomic E-state index is 13.5. The average molecular weight is 283 g/mol. The second kappa shape index (κ2) is 6.29. The van der Waals surface area contributed by atoms with Gasteiger partial charge < -0.3 is 10.5 Å². The molecule has 0 amide bonds. The molecular weight excluding hydrogens is 270 g/mol. The quantitative estimate of drug-likeness (QED) is 0.664. The minimum absolute atomic E-state index is 0.138. The van der Waals surface area contributed by atoms with Crippen LogP contribution in [0, 0.1) is 5.82 Å². The van der Waals surface area contributed by atoms with E-state index in [4.69, 9.17) is 10.5 Å². The molecule has 0 fully saturated rings. The fourth-order valence-corrected chi connectivity index (χ4v) is 1.68. The first-order chi connectivity index (χ1) is 8.29. The van der Waals surface area contributed by atoms with E-state index in [1.165, 1.54) is 12.1 Å². The van der Waals surface area contributed by atoms with Crippen LogP contribution >= 0.6 is 11.8 Å². The van der Waals surface area contributed by atoms with Crippen molar-refractivity contribution in [3.05, 3.63) is 29.6 Å². The fraction of sp³-hybridized carbons (Fsp3) is 0.455. The summed E-state index contributed by atoms with van der Waals surface area (Å²) in [5.41, 5.74) is 1.59. The molecule has 1 aromatic carbocycles. The molecule has 2 nitrogen and oxygen atoms in total. The van der Waals surface area contributed by atoms with Crippen molar-refractivity contribution in [2.75, 3.05) is 12.4 Å². The van der Waals surface area contributed by atoms with Gasteiger partial charge in [0.2, 0.25) is 0 Å². The minimum Gasteiger partial charge on any atom is -0.493 e. The van der Waals surface area contributed by atoms with Crippen molar-refractivity contribution in [1.29, 1.82) is 0 Å². The molecule has 18 heavy (non-hydrogen) atoms. The zero-order chi connectivity index (χ0) is 13.8. The maximum atomic E-state index is 13.5. The summed E-state index contributed by atoms with van der Waals surface area (Å²) in [6.45, 7) is 1.50. The van der Waals surface area contributed by atoms with Gasteiger partial charge in [0.05, 0.1) is 6.61 Å². The molecule has 0 aromatic heterocycles. The van der Waals surface area contributed by atoms with Crippen LogP contribution in [0.1, 0.15) is 18.5 Å². The summed E-state index contributed by atoms with van der Waals surface area (Å²) in [4.78, 5) is 0. The molecule has 0 aliphatic heterocycles. The number of ether oxygens (including phenoxy) is 1. The highest BCUT2D eigenvalue weighted by atomic mass is 32.2. The van der Waals surface area contributed by atoms with Gasteiger partial charge in [-0.1, -0.05) is 6.07 Å². The molecule has 0 bridgehead atoms. The molecule has 1 unspecified atom stereocenters. The van der Waals surface area contributed by atoms with Crippen LogP contribution < -0.4 is 10.5 Å². The fourth-order valence-electron chi connectivity index (χ4n) is 1.28. The van der Waals surface area contributed by atoms with Gasteiger partial charge in [-0.25, -0.2) is 4.39 Å². The van der Waals surface area contributed by atoms with Gasteiger partial charge in [0.25, 0.3) is 0 Å². The molecule has 0 heterocycles.